The molecular formula is C17H15NOS. The molecule has 2 aromatic carbocycles. The van der Waals surface area contributed by atoms with Crippen molar-refractivity contribution < 1.29 is 4.74 Å². The van der Waals surface area contributed by atoms with Crippen molar-refractivity contribution in [3.8, 4) is 5.75 Å². The average Bonchev–Trinajstić information content (AvgIpc) is 3.11. The van der Waals surface area contributed by atoms with Crippen LogP contribution in [0.3, 0.4) is 0 Å². The lowest BCUT2D eigenvalue weighted by molar-refractivity contribution is 0.315. The van der Waals surface area contributed by atoms with Crippen molar-refractivity contribution in [2.45, 2.75) is 12.0 Å². The molecule has 100 valence electrons. The number of fused-ring (bicyclic) bond motifs is 2. The molecule has 2 heterocycles. The van der Waals surface area contributed by atoms with Crippen molar-refractivity contribution in [3.05, 3.63) is 65.0 Å². The lowest BCUT2D eigenvalue weighted by Crippen LogP contribution is -2.20. The van der Waals surface area contributed by atoms with E-state index in [0.29, 0.717) is 6.61 Å². The Morgan fingerprint density at radius 2 is 1.90 bits per heavy atom. The zero-order valence-electron chi connectivity index (χ0n) is 11.0. The van der Waals surface area contributed by atoms with Crippen LogP contribution in [0.4, 0.5) is 0 Å². The van der Waals surface area contributed by atoms with Crippen LogP contribution in [0.5, 0.6) is 5.75 Å². The first-order chi connectivity index (χ1) is 9.84. The first-order valence-electron chi connectivity index (χ1n) is 6.78. The number of nitrogens with two attached hydrogens (primary N) is 1. The Bertz CT molecular complexity index is 764. The molecule has 1 aromatic heterocycles. The molecule has 0 aliphatic carbocycles. The number of rotatable bonds is 2. The molecule has 2 atom stereocenters. The molecule has 2 N–H and O–H groups in total. The first kappa shape index (κ1) is 11.9. The van der Waals surface area contributed by atoms with Gasteiger partial charge in [-0.3, -0.25) is 0 Å². The molecule has 0 saturated heterocycles. The van der Waals surface area contributed by atoms with Crippen molar-refractivity contribution in [1.29, 1.82) is 0 Å². The van der Waals surface area contributed by atoms with Gasteiger partial charge in [-0.15, -0.1) is 11.3 Å². The summed E-state index contributed by atoms with van der Waals surface area (Å²) >= 11 is 1.76. The molecule has 0 fully saturated rings. The highest BCUT2D eigenvalue weighted by Crippen LogP contribution is 2.42. The van der Waals surface area contributed by atoms with E-state index in [-0.39, 0.29) is 12.0 Å². The van der Waals surface area contributed by atoms with Gasteiger partial charge < -0.3 is 10.5 Å². The number of benzene rings is 2. The Hall–Kier alpha value is -1.84. The predicted molar refractivity (Wildman–Crippen MR) is 83.4 cm³/mol. The van der Waals surface area contributed by atoms with Gasteiger partial charge in [0.15, 0.2) is 0 Å². The van der Waals surface area contributed by atoms with Crippen molar-refractivity contribution in [1.82, 2.24) is 0 Å². The van der Waals surface area contributed by atoms with Crippen LogP contribution in [0.15, 0.2) is 53.9 Å². The van der Waals surface area contributed by atoms with Gasteiger partial charge in [0.05, 0.1) is 6.61 Å². The van der Waals surface area contributed by atoms with E-state index in [2.05, 4.69) is 41.8 Å². The number of thiophene rings is 1. The summed E-state index contributed by atoms with van der Waals surface area (Å²) in [7, 11) is 0. The minimum Gasteiger partial charge on any atom is -0.493 e. The van der Waals surface area contributed by atoms with Crippen LogP contribution in [0, 0.1) is 0 Å². The number of hydrogen-bond acceptors (Lipinski definition) is 3. The zero-order chi connectivity index (χ0) is 13.5. The highest BCUT2D eigenvalue weighted by Gasteiger charge is 2.31. The largest absolute Gasteiger partial charge is 0.493 e. The molecule has 2 unspecified atom stereocenters. The summed E-state index contributed by atoms with van der Waals surface area (Å²) in [6.45, 7) is 0.671. The van der Waals surface area contributed by atoms with E-state index in [1.807, 2.05) is 12.1 Å². The molecule has 2 nitrogen and oxygen atoms in total. The summed E-state index contributed by atoms with van der Waals surface area (Å²) in [5, 5.41) is 3.46. The van der Waals surface area contributed by atoms with Crippen LogP contribution in [0.2, 0.25) is 0 Å². The van der Waals surface area contributed by atoms with Gasteiger partial charge >= 0.3 is 0 Å². The molecule has 0 radical (unpaired) electrons. The van der Waals surface area contributed by atoms with E-state index in [0.717, 1.165) is 5.75 Å². The van der Waals surface area contributed by atoms with Crippen molar-refractivity contribution in [2.75, 3.05) is 6.61 Å². The van der Waals surface area contributed by atoms with Crippen LogP contribution >= 0.6 is 11.3 Å². The third-order valence-corrected chi connectivity index (χ3v) is 5.02. The zero-order valence-corrected chi connectivity index (χ0v) is 11.8. The summed E-state index contributed by atoms with van der Waals surface area (Å²) < 4.78 is 7.06. The van der Waals surface area contributed by atoms with E-state index >= 15 is 0 Å². The highest BCUT2D eigenvalue weighted by atomic mass is 32.1. The minimum atomic E-state index is -0.0187. The standard InChI is InChI=1S/C17H15NOS/c18-17(13-9-19-15-7-3-1-5-11(13)15)14-10-20-16-8-4-2-6-12(14)16/h1-8,10,13,17H,9,18H2. The maximum absolute atomic E-state index is 6.55. The Labute approximate surface area is 121 Å². The first-order valence-corrected chi connectivity index (χ1v) is 7.66. The van der Waals surface area contributed by atoms with Crippen LogP contribution in [-0.4, -0.2) is 6.61 Å². The molecule has 20 heavy (non-hydrogen) atoms. The van der Waals surface area contributed by atoms with Gasteiger partial charge in [0.25, 0.3) is 0 Å². The Kier molecular flexibility index (Phi) is 2.76. The topological polar surface area (TPSA) is 35.2 Å². The van der Waals surface area contributed by atoms with E-state index in [1.165, 1.54) is 21.2 Å². The van der Waals surface area contributed by atoms with E-state index in [9.17, 15) is 0 Å². The summed E-state index contributed by atoms with van der Waals surface area (Å²) in [6.07, 6.45) is 0. The lowest BCUT2D eigenvalue weighted by atomic mass is 9.89. The second-order valence-electron chi connectivity index (χ2n) is 5.17. The van der Waals surface area contributed by atoms with Gasteiger partial charge in [-0.2, -0.15) is 0 Å². The molecule has 1 aliphatic rings. The van der Waals surface area contributed by atoms with Crippen LogP contribution in [0.1, 0.15) is 23.1 Å². The molecule has 0 bridgehead atoms. The lowest BCUT2D eigenvalue weighted by Gasteiger charge is -2.18. The molecule has 4 rings (SSSR count). The average molecular weight is 281 g/mol. The Balaban J connectivity index is 1.77. The van der Waals surface area contributed by atoms with Gasteiger partial charge in [0, 0.05) is 22.2 Å². The van der Waals surface area contributed by atoms with Crippen molar-refractivity contribution >= 4 is 21.4 Å². The van der Waals surface area contributed by atoms with Gasteiger partial charge in [0.1, 0.15) is 5.75 Å². The van der Waals surface area contributed by atoms with Crippen LogP contribution in [-0.2, 0) is 0 Å². The maximum atomic E-state index is 6.55. The van der Waals surface area contributed by atoms with Gasteiger partial charge in [-0.25, -0.2) is 0 Å². The third-order valence-electron chi connectivity index (χ3n) is 4.04. The van der Waals surface area contributed by atoms with Gasteiger partial charge in [0.2, 0.25) is 0 Å². The third kappa shape index (κ3) is 1.74. The Morgan fingerprint density at radius 3 is 2.85 bits per heavy atom. The van der Waals surface area contributed by atoms with E-state index in [4.69, 9.17) is 10.5 Å². The summed E-state index contributed by atoms with van der Waals surface area (Å²) in [5.74, 6) is 1.22. The molecule has 3 aromatic rings. The smallest absolute Gasteiger partial charge is 0.122 e. The Morgan fingerprint density at radius 1 is 1.10 bits per heavy atom. The van der Waals surface area contributed by atoms with Crippen molar-refractivity contribution in [2.24, 2.45) is 5.73 Å². The van der Waals surface area contributed by atoms with E-state index in [1.54, 1.807) is 11.3 Å². The quantitative estimate of drug-likeness (QED) is 0.768. The summed E-state index contributed by atoms with van der Waals surface area (Å²) in [5.41, 5.74) is 9.02. The van der Waals surface area contributed by atoms with Crippen LogP contribution in [0.25, 0.3) is 10.1 Å². The SMILES string of the molecule is NC(c1csc2ccccc12)C1COc2ccccc21. The molecular weight excluding hydrogens is 266 g/mol. The van der Waals surface area contributed by atoms with Crippen molar-refractivity contribution in [3.63, 3.8) is 0 Å². The normalized spacial score (nSPS) is 18.8. The summed E-state index contributed by atoms with van der Waals surface area (Å²) in [6, 6.07) is 16.6. The molecule has 0 saturated carbocycles. The number of para-hydroxylation sites is 1. The fourth-order valence-electron chi connectivity index (χ4n) is 2.96. The highest BCUT2D eigenvalue weighted by molar-refractivity contribution is 7.17. The fourth-order valence-corrected chi connectivity index (χ4v) is 3.97. The number of hydrogen-bond donors (Lipinski definition) is 1. The fraction of sp³-hybridized carbons (Fsp3) is 0.176. The molecule has 1 aliphatic heterocycles. The second-order valence-corrected chi connectivity index (χ2v) is 6.08. The second kappa shape index (κ2) is 4.62. The maximum Gasteiger partial charge on any atom is 0.122 e. The van der Waals surface area contributed by atoms with Gasteiger partial charge in [-0.05, 0) is 28.5 Å². The molecule has 0 spiro atoms. The minimum absolute atomic E-state index is 0.0187. The molecule has 0 amide bonds. The van der Waals surface area contributed by atoms with E-state index < -0.39 is 0 Å². The summed E-state index contributed by atoms with van der Waals surface area (Å²) in [4.78, 5) is 0. The van der Waals surface area contributed by atoms with Crippen LogP contribution < -0.4 is 10.5 Å². The molecule has 3 heteroatoms. The monoisotopic (exact) mass is 281 g/mol. The number of ether oxygens (including phenoxy) is 1. The predicted octanol–water partition coefficient (Wildman–Crippen LogP) is 4.08. The van der Waals surface area contributed by atoms with Gasteiger partial charge in [-0.1, -0.05) is 36.4 Å².